The fourth-order valence-corrected chi connectivity index (χ4v) is 3.55. The minimum absolute atomic E-state index is 0.112. The molecule has 0 fully saturated rings. The average molecular weight is 435 g/mol. The van der Waals surface area contributed by atoms with Gasteiger partial charge in [0.25, 0.3) is 5.91 Å². The molecule has 7 nitrogen and oxygen atoms in total. The second-order valence-corrected chi connectivity index (χ2v) is 7.53. The summed E-state index contributed by atoms with van der Waals surface area (Å²) >= 11 is 0. The molecular weight excluding hydrogens is 414 g/mol. The maximum atomic E-state index is 13.5. The number of hydrogen-bond donors (Lipinski definition) is 1. The van der Waals surface area contributed by atoms with Crippen molar-refractivity contribution in [2.45, 2.75) is 13.2 Å². The number of H-pyrrole nitrogens is 1. The highest BCUT2D eigenvalue weighted by atomic mass is 16.5. The Morgan fingerprint density at radius 1 is 0.909 bits per heavy atom. The molecule has 3 heterocycles. The number of hydrogen-bond acceptors (Lipinski definition) is 5. The van der Waals surface area contributed by atoms with E-state index in [-0.39, 0.29) is 5.91 Å². The maximum Gasteiger partial charge on any atom is 0.258 e. The summed E-state index contributed by atoms with van der Waals surface area (Å²) in [6, 6.07) is 20.6. The van der Waals surface area contributed by atoms with Crippen LogP contribution in [-0.2, 0) is 13.2 Å². The van der Waals surface area contributed by atoms with Gasteiger partial charge >= 0.3 is 0 Å². The Hall–Kier alpha value is -4.52. The van der Waals surface area contributed by atoms with Gasteiger partial charge in [-0.2, -0.15) is 0 Å². The SMILES string of the molecule is O=C(c1ccc2nc[nH]c2c1)N(Cc1cccnc1)c1ccc(OCc2cccnc2)cc1. The third kappa shape index (κ3) is 4.72. The zero-order valence-electron chi connectivity index (χ0n) is 17.8. The van der Waals surface area contributed by atoms with E-state index in [1.54, 1.807) is 42.1 Å². The number of anilines is 1. The molecular formula is C26H21N5O2. The molecule has 0 radical (unpaired) electrons. The first-order valence-electron chi connectivity index (χ1n) is 10.5. The van der Waals surface area contributed by atoms with Crippen molar-refractivity contribution in [2.75, 3.05) is 4.90 Å². The number of aromatic nitrogens is 4. The average Bonchev–Trinajstić information content (AvgIpc) is 3.35. The van der Waals surface area contributed by atoms with Gasteiger partial charge in [-0.25, -0.2) is 4.98 Å². The normalized spacial score (nSPS) is 10.8. The molecule has 0 aliphatic heterocycles. The third-order valence-corrected chi connectivity index (χ3v) is 5.25. The Kier molecular flexibility index (Phi) is 5.75. The van der Waals surface area contributed by atoms with Crippen molar-refractivity contribution < 1.29 is 9.53 Å². The molecule has 1 N–H and O–H groups in total. The number of imidazole rings is 1. The van der Waals surface area contributed by atoms with E-state index in [0.29, 0.717) is 18.7 Å². The van der Waals surface area contributed by atoms with Crippen LogP contribution >= 0.6 is 0 Å². The standard InChI is InChI=1S/C26H21N5O2/c32-26(21-5-10-24-25(13-21)30-18-29-24)31(16-19-3-1-11-27-14-19)22-6-8-23(9-7-22)33-17-20-4-2-12-28-15-20/h1-15,18H,16-17H2,(H,29,30). The molecule has 7 heteroatoms. The summed E-state index contributed by atoms with van der Waals surface area (Å²) in [6.07, 6.45) is 8.62. The number of carbonyl (C=O) groups excluding carboxylic acids is 1. The van der Waals surface area contributed by atoms with Crippen LogP contribution in [0.2, 0.25) is 0 Å². The number of amides is 1. The van der Waals surface area contributed by atoms with Crippen LogP contribution in [0.25, 0.3) is 11.0 Å². The van der Waals surface area contributed by atoms with Crippen LogP contribution in [0.15, 0.2) is 97.8 Å². The van der Waals surface area contributed by atoms with Gasteiger partial charge in [0.05, 0.1) is 23.9 Å². The van der Waals surface area contributed by atoms with Crippen LogP contribution in [0.4, 0.5) is 5.69 Å². The Morgan fingerprint density at radius 2 is 1.67 bits per heavy atom. The topological polar surface area (TPSA) is 84.0 Å². The third-order valence-electron chi connectivity index (χ3n) is 5.25. The van der Waals surface area contributed by atoms with E-state index in [2.05, 4.69) is 19.9 Å². The fourth-order valence-electron chi connectivity index (χ4n) is 3.55. The summed E-state index contributed by atoms with van der Waals surface area (Å²) < 4.78 is 5.86. The van der Waals surface area contributed by atoms with Crippen molar-refractivity contribution in [1.29, 1.82) is 0 Å². The summed E-state index contributed by atoms with van der Waals surface area (Å²) in [5, 5.41) is 0. The first-order valence-corrected chi connectivity index (χ1v) is 10.5. The van der Waals surface area contributed by atoms with E-state index >= 15 is 0 Å². The Bertz CT molecular complexity index is 1350. The van der Waals surface area contributed by atoms with E-state index in [4.69, 9.17) is 4.74 Å². The highest BCUT2D eigenvalue weighted by Crippen LogP contribution is 2.25. The minimum Gasteiger partial charge on any atom is -0.489 e. The van der Waals surface area contributed by atoms with E-state index in [9.17, 15) is 4.79 Å². The van der Waals surface area contributed by atoms with Crippen molar-refractivity contribution in [2.24, 2.45) is 0 Å². The second-order valence-electron chi connectivity index (χ2n) is 7.53. The highest BCUT2D eigenvalue weighted by molar-refractivity contribution is 6.07. The molecule has 0 aliphatic carbocycles. The number of ether oxygens (including phenoxy) is 1. The van der Waals surface area contributed by atoms with Crippen molar-refractivity contribution in [1.82, 2.24) is 19.9 Å². The van der Waals surface area contributed by atoms with Gasteiger partial charge in [-0.3, -0.25) is 14.8 Å². The molecule has 0 saturated heterocycles. The molecule has 5 rings (SSSR count). The lowest BCUT2D eigenvalue weighted by Gasteiger charge is -2.23. The zero-order valence-corrected chi connectivity index (χ0v) is 17.8. The summed E-state index contributed by atoms with van der Waals surface area (Å²) in [4.78, 5) is 30.9. The number of benzene rings is 2. The number of rotatable bonds is 7. The van der Waals surface area contributed by atoms with Gasteiger partial charge in [-0.1, -0.05) is 12.1 Å². The van der Waals surface area contributed by atoms with Crippen molar-refractivity contribution in [3.05, 3.63) is 115 Å². The van der Waals surface area contributed by atoms with E-state index in [0.717, 1.165) is 33.6 Å². The maximum absolute atomic E-state index is 13.5. The summed E-state index contributed by atoms with van der Waals surface area (Å²) in [7, 11) is 0. The molecule has 33 heavy (non-hydrogen) atoms. The predicted octanol–water partition coefficient (Wildman–Crippen LogP) is 4.78. The minimum atomic E-state index is -0.112. The lowest BCUT2D eigenvalue weighted by molar-refractivity contribution is 0.0985. The number of fused-ring (bicyclic) bond motifs is 1. The van der Waals surface area contributed by atoms with Crippen LogP contribution in [0.3, 0.4) is 0 Å². The van der Waals surface area contributed by atoms with Gasteiger partial charge in [-0.05, 0) is 60.2 Å². The summed E-state index contributed by atoms with van der Waals surface area (Å²) in [5.41, 5.74) is 4.91. The van der Waals surface area contributed by atoms with Crippen molar-refractivity contribution in [3.8, 4) is 5.75 Å². The van der Waals surface area contributed by atoms with Gasteiger partial charge in [0.2, 0.25) is 0 Å². The number of carbonyl (C=O) groups is 1. The Balaban J connectivity index is 1.40. The quantitative estimate of drug-likeness (QED) is 0.398. The van der Waals surface area contributed by atoms with Gasteiger partial charge in [0, 0.05) is 41.6 Å². The van der Waals surface area contributed by atoms with Crippen molar-refractivity contribution >= 4 is 22.6 Å². The molecule has 0 saturated carbocycles. The first kappa shape index (κ1) is 20.4. The number of pyridine rings is 2. The molecule has 0 atom stereocenters. The van der Waals surface area contributed by atoms with Crippen LogP contribution in [0.5, 0.6) is 5.75 Å². The number of aromatic amines is 1. The molecule has 3 aromatic heterocycles. The van der Waals surface area contributed by atoms with Crippen LogP contribution in [-0.4, -0.2) is 25.8 Å². The number of nitrogens with zero attached hydrogens (tertiary/aromatic N) is 4. The summed E-state index contributed by atoms with van der Waals surface area (Å²) in [6.45, 7) is 0.819. The monoisotopic (exact) mass is 435 g/mol. The van der Waals surface area contributed by atoms with Gasteiger partial charge < -0.3 is 14.6 Å². The molecule has 5 aromatic rings. The molecule has 0 aliphatic rings. The summed E-state index contributed by atoms with van der Waals surface area (Å²) in [5.74, 6) is 0.606. The van der Waals surface area contributed by atoms with E-state index in [1.165, 1.54) is 0 Å². The van der Waals surface area contributed by atoms with Gasteiger partial charge in [0.1, 0.15) is 12.4 Å². The highest BCUT2D eigenvalue weighted by Gasteiger charge is 2.19. The molecule has 162 valence electrons. The molecule has 0 bridgehead atoms. The molecule has 1 amide bonds. The van der Waals surface area contributed by atoms with Crippen molar-refractivity contribution in [3.63, 3.8) is 0 Å². The zero-order chi connectivity index (χ0) is 22.5. The number of nitrogens with one attached hydrogen (secondary N) is 1. The fraction of sp³-hybridized carbons (Fsp3) is 0.0769. The smallest absolute Gasteiger partial charge is 0.258 e. The molecule has 0 unspecified atom stereocenters. The molecule has 0 spiro atoms. The lowest BCUT2D eigenvalue weighted by atomic mass is 10.1. The van der Waals surface area contributed by atoms with Crippen LogP contribution in [0, 0.1) is 0 Å². The lowest BCUT2D eigenvalue weighted by Crippen LogP contribution is -2.30. The predicted molar refractivity (Wildman–Crippen MR) is 126 cm³/mol. The van der Waals surface area contributed by atoms with Gasteiger partial charge in [-0.15, -0.1) is 0 Å². The largest absolute Gasteiger partial charge is 0.489 e. The van der Waals surface area contributed by atoms with Crippen LogP contribution < -0.4 is 9.64 Å². The molecule has 2 aromatic carbocycles. The first-order chi connectivity index (χ1) is 16.3. The Morgan fingerprint density at radius 3 is 2.39 bits per heavy atom. The van der Waals surface area contributed by atoms with E-state index in [1.807, 2.05) is 60.7 Å². The van der Waals surface area contributed by atoms with Gasteiger partial charge in [0.15, 0.2) is 0 Å². The Labute approximate surface area is 190 Å². The second kappa shape index (κ2) is 9.32. The van der Waals surface area contributed by atoms with E-state index < -0.39 is 0 Å². The van der Waals surface area contributed by atoms with Crippen LogP contribution in [0.1, 0.15) is 21.5 Å².